The Morgan fingerprint density at radius 2 is 2.12 bits per heavy atom. The van der Waals surface area contributed by atoms with Crippen LogP contribution in [0, 0.1) is 16.4 Å². The molecule has 0 radical (unpaired) electrons. The monoisotopic (exact) mass is 487 g/mol. The van der Waals surface area contributed by atoms with Gasteiger partial charge in [-0.1, -0.05) is 0 Å². The van der Waals surface area contributed by atoms with Crippen molar-refractivity contribution >= 4 is 18.2 Å². The van der Waals surface area contributed by atoms with Gasteiger partial charge in [0, 0.05) is 42.9 Å². The molecule has 2 aromatic rings. The number of aromatic nitrogens is 2. The SMILES string of the molecule is O=C(O)[C@H]1O[C@@](O)(CNCCc2c[nH]c(=S)n2[C@H]2COc3c(F)cc(F)cc3C2)C(O)C1O. The number of benzene rings is 1. The van der Waals surface area contributed by atoms with Crippen LogP contribution in [-0.2, 0) is 22.4 Å². The van der Waals surface area contributed by atoms with E-state index in [1.54, 1.807) is 10.8 Å². The van der Waals surface area contributed by atoms with Crippen molar-refractivity contribution in [2.75, 3.05) is 19.7 Å². The molecule has 6 N–H and O–H groups in total. The van der Waals surface area contributed by atoms with Crippen LogP contribution in [-0.4, -0.2) is 79.7 Å². The number of hydrogen-bond donors (Lipinski definition) is 6. The molecule has 2 aliphatic heterocycles. The number of carboxylic acids is 1. The number of aliphatic carboxylic acids is 1. The molecule has 10 nitrogen and oxygen atoms in total. The third-order valence-electron chi connectivity index (χ3n) is 5.82. The zero-order valence-corrected chi connectivity index (χ0v) is 18.0. The van der Waals surface area contributed by atoms with E-state index in [1.165, 1.54) is 6.07 Å². The molecular formula is C20H23F2N3O7S. The molecule has 0 amide bonds. The van der Waals surface area contributed by atoms with Crippen molar-refractivity contribution in [1.29, 1.82) is 0 Å². The van der Waals surface area contributed by atoms with Crippen LogP contribution < -0.4 is 10.1 Å². The summed E-state index contributed by atoms with van der Waals surface area (Å²) in [5.41, 5.74) is 1.15. The van der Waals surface area contributed by atoms with Gasteiger partial charge in [-0.2, -0.15) is 0 Å². The van der Waals surface area contributed by atoms with Crippen molar-refractivity contribution in [1.82, 2.24) is 14.9 Å². The van der Waals surface area contributed by atoms with Crippen molar-refractivity contribution in [3.63, 3.8) is 0 Å². The summed E-state index contributed by atoms with van der Waals surface area (Å²) in [6, 6.07) is 1.70. The minimum absolute atomic E-state index is 0.0307. The molecule has 0 spiro atoms. The standard InChI is InChI=1S/C20H23F2N3O7S/c21-10-3-9-4-12(7-31-15(9)13(22)5-10)25-11(6-24-19(25)33)1-2-23-8-20(30)17(27)14(26)16(32-20)18(28)29/h3,5-6,12,14,16-17,23,26-27,30H,1-2,4,7-8H2,(H,24,33)(H,28,29)/t12-,14?,16+,17?,20+/m1/s1. The number of hydrogen-bond acceptors (Lipinski definition) is 8. The third kappa shape index (κ3) is 4.52. The predicted octanol–water partition coefficient (Wildman–Crippen LogP) is 0.0260. The highest BCUT2D eigenvalue weighted by Gasteiger charge is 2.55. The Hall–Kier alpha value is -2.42. The van der Waals surface area contributed by atoms with Crippen molar-refractivity contribution < 1.29 is 43.5 Å². The Kier molecular flexibility index (Phi) is 6.53. The molecule has 33 heavy (non-hydrogen) atoms. The molecule has 4 rings (SSSR count). The quantitative estimate of drug-likeness (QED) is 0.235. The van der Waals surface area contributed by atoms with E-state index in [9.17, 15) is 28.9 Å². The molecule has 2 aliphatic rings. The number of carboxylic acid groups (broad SMARTS) is 1. The zero-order chi connectivity index (χ0) is 23.9. The van der Waals surface area contributed by atoms with E-state index in [-0.39, 0.29) is 31.5 Å². The van der Waals surface area contributed by atoms with Gasteiger partial charge in [-0.15, -0.1) is 0 Å². The Balaban J connectivity index is 1.39. The van der Waals surface area contributed by atoms with Crippen molar-refractivity contribution in [2.45, 2.75) is 43.0 Å². The number of H-pyrrole nitrogens is 1. The summed E-state index contributed by atoms with van der Waals surface area (Å²) in [5.74, 6) is -5.19. The van der Waals surface area contributed by atoms with Crippen molar-refractivity contribution in [3.8, 4) is 5.75 Å². The fourth-order valence-corrected chi connectivity index (χ4v) is 4.54. The van der Waals surface area contributed by atoms with Gasteiger partial charge in [0.05, 0.1) is 12.6 Å². The molecule has 0 saturated carbocycles. The van der Waals surface area contributed by atoms with Crippen LogP contribution in [0.25, 0.3) is 0 Å². The fourth-order valence-electron chi connectivity index (χ4n) is 4.21. The molecule has 3 heterocycles. The second kappa shape index (κ2) is 9.08. The largest absolute Gasteiger partial charge is 0.488 e. The van der Waals surface area contributed by atoms with Crippen LogP contribution in [0.5, 0.6) is 5.75 Å². The first-order chi connectivity index (χ1) is 15.6. The highest BCUT2D eigenvalue weighted by Crippen LogP contribution is 2.33. The first-order valence-corrected chi connectivity index (χ1v) is 10.6. The first-order valence-electron chi connectivity index (χ1n) is 10.2. The number of carbonyl (C=O) groups is 1. The Morgan fingerprint density at radius 3 is 2.82 bits per heavy atom. The van der Waals surface area contributed by atoms with E-state index < -0.39 is 41.7 Å². The molecular weight excluding hydrogens is 464 g/mol. The Bertz CT molecular complexity index is 1110. The van der Waals surface area contributed by atoms with Gasteiger partial charge in [-0.05, 0) is 18.3 Å². The van der Waals surface area contributed by atoms with Gasteiger partial charge in [0.15, 0.2) is 22.4 Å². The average molecular weight is 487 g/mol. The van der Waals surface area contributed by atoms with Crippen LogP contribution in [0.1, 0.15) is 17.3 Å². The number of rotatable bonds is 7. The number of aliphatic hydroxyl groups excluding tert-OH is 2. The van der Waals surface area contributed by atoms with Gasteiger partial charge in [0.2, 0.25) is 5.79 Å². The van der Waals surface area contributed by atoms with Crippen LogP contribution in [0.15, 0.2) is 18.3 Å². The number of aromatic amines is 1. The summed E-state index contributed by atoms with van der Waals surface area (Å²) >= 11 is 5.36. The molecule has 1 aromatic carbocycles. The van der Waals surface area contributed by atoms with E-state index in [2.05, 4.69) is 10.3 Å². The highest BCUT2D eigenvalue weighted by molar-refractivity contribution is 7.71. The maximum atomic E-state index is 13.9. The summed E-state index contributed by atoms with van der Waals surface area (Å²) in [7, 11) is 0. The van der Waals surface area contributed by atoms with Gasteiger partial charge in [0.1, 0.15) is 24.6 Å². The molecule has 0 bridgehead atoms. The van der Waals surface area contributed by atoms with E-state index >= 15 is 0 Å². The molecule has 1 fully saturated rings. The van der Waals surface area contributed by atoms with Crippen LogP contribution in [0.2, 0.25) is 0 Å². The van der Waals surface area contributed by atoms with Gasteiger partial charge in [-0.3, -0.25) is 0 Å². The van der Waals surface area contributed by atoms with Gasteiger partial charge < -0.3 is 44.8 Å². The lowest BCUT2D eigenvalue weighted by atomic mass is 10.0. The minimum Gasteiger partial charge on any atom is -0.488 e. The van der Waals surface area contributed by atoms with Crippen LogP contribution in [0.4, 0.5) is 8.78 Å². The predicted molar refractivity (Wildman–Crippen MR) is 110 cm³/mol. The summed E-state index contributed by atoms with van der Waals surface area (Å²) in [4.78, 5) is 14.0. The average Bonchev–Trinajstić information content (AvgIpc) is 3.23. The summed E-state index contributed by atoms with van der Waals surface area (Å²) in [5, 5.41) is 42.0. The number of imidazole rings is 1. The minimum atomic E-state index is -2.27. The molecule has 1 aromatic heterocycles. The molecule has 0 aliphatic carbocycles. The first kappa shape index (κ1) is 23.7. The topological polar surface area (TPSA) is 149 Å². The molecule has 2 unspecified atom stereocenters. The number of halogens is 2. The number of aliphatic hydroxyl groups is 3. The number of nitrogens with zero attached hydrogens (tertiary/aromatic N) is 1. The maximum Gasteiger partial charge on any atom is 0.335 e. The van der Waals surface area contributed by atoms with Crippen molar-refractivity contribution in [2.24, 2.45) is 0 Å². The lowest BCUT2D eigenvalue weighted by Gasteiger charge is -2.28. The Labute approximate surface area is 191 Å². The summed E-state index contributed by atoms with van der Waals surface area (Å²) < 4.78 is 40.2. The molecule has 13 heteroatoms. The second-order valence-corrected chi connectivity index (χ2v) is 8.47. The number of nitrogens with one attached hydrogen (secondary N) is 2. The lowest BCUT2D eigenvalue weighted by molar-refractivity contribution is -0.226. The van der Waals surface area contributed by atoms with E-state index in [1.807, 2.05) is 0 Å². The van der Waals surface area contributed by atoms with Crippen LogP contribution in [0.3, 0.4) is 0 Å². The summed E-state index contributed by atoms with van der Waals surface area (Å²) in [6.45, 7) is 0.0707. The second-order valence-electron chi connectivity index (χ2n) is 8.08. The normalized spacial score (nSPS) is 29.0. The highest BCUT2D eigenvalue weighted by atomic mass is 32.1. The van der Waals surface area contributed by atoms with Gasteiger partial charge >= 0.3 is 5.97 Å². The number of fused-ring (bicyclic) bond motifs is 1. The van der Waals surface area contributed by atoms with E-state index in [0.29, 0.717) is 23.2 Å². The van der Waals surface area contributed by atoms with E-state index in [0.717, 1.165) is 11.8 Å². The van der Waals surface area contributed by atoms with Gasteiger partial charge in [-0.25, -0.2) is 13.6 Å². The molecule has 1 saturated heterocycles. The maximum absolute atomic E-state index is 13.9. The lowest BCUT2D eigenvalue weighted by Crippen LogP contribution is -2.50. The fraction of sp³-hybridized carbons (Fsp3) is 0.500. The smallest absolute Gasteiger partial charge is 0.335 e. The van der Waals surface area contributed by atoms with Crippen LogP contribution >= 0.6 is 12.2 Å². The van der Waals surface area contributed by atoms with Gasteiger partial charge in [0.25, 0.3) is 0 Å². The Morgan fingerprint density at radius 1 is 1.36 bits per heavy atom. The van der Waals surface area contributed by atoms with Crippen molar-refractivity contribution in [3.05, 3.63) is 46.0 Å². The molecule has 180 valence electrons. The molecule has 5 atom stereocenters. The zero-order valence-electron chi connectivity index (χ0n) is 17.2. The summed E-state index contributed by atoms with van der Waals surface area (Å²) in [6.07, 6.45) is -2.93. The third-order valence-corrected chi connectivity index (χ3v) is 6.14. The van der Waals surface area contributed by atoms with E-state index in [4.69, 9.17) is 26.8 Å². The number of ether oxygens (including phenoxy) is 2.